The van der Waals surface area contributed by atoms with Crippen LogP contribution in [-0.2, 0) is 6.18 Å². The molecule has 1 atom stereocenters. The van der Waals surface area contributed by atoms with E-state index >= 15 is 0 Å². The molecule has 0 aliphatic carbocycles. The number of anilines is 1. The van der Waals surface area contributed by atoms with Crippen molar-refractivity contribution >= 4 is 28.1 Å². The average molecular weight is 338 g/mol. The third-order valence-electron chi connectivity index (χ3n) is 2.36. The van der Waals surface area contributed by atoms with Crippen LogP contribution in [-0.4, -0.2) is 22.8 Å². The van der Waals surface area contributed by atoms with Crippen LogP contribution >= 0.6 is 22.9 Å². The minimum absolute atomic E-state index is 0.105. The van der Waals surface area contributed by atoms with Crippen molar-refractivity contribution in [1.82, 2.24) is 10.2 Å². The maximum absolute atomic E-state index is 12.4. The number of ether oxygens (including phenoxy) is 1. The molecule has 2 rings (SSSR count). The molecule has 114 valence electrons. The number of hydrogen-bond acceptors (Lipinski definition) is 5. The van der Waals surface area contributed by atoms with Gasteiger partial charge in [-0.25, -0.2) is 0 Å². The summed E-state index contributed by atoms with van der Waals surface area (Å²) in [6.07, 6.45) is -4.73. The van der Waals surface area contributed by atoms with Gasteiger partial charge in [-0.05, 0) is 31.2 Å². The van der Waals surface area contributed by atoms with E-state index in [-0.39, 0.29) is 11.2 Å². The van der Waals surface area contributed by atoms with Gasteiger partial charge in [0.15, 0.2) is 0 Å². The van der Waals surface area contributed by atoms with Gasteiger partial charge in [-0.15, -0.1) is 10.2 Å². The first kappa shape index (κ1) is 15.8. The lowest BCUT2D eigenvalue weighted by Gasteiger charge is -2.14. The van der Waals surface area contributed by atoms with Crippen LogP contribution in [0.4, 0.5) is 18.3 Å². The van der Waals surface area contributed by atoms with Crippen LogP contribution in [0.5, 0.6) is 5.75 Å². The maximum atomic E-state index is 12.4. The summed E-state index contributed by atoms with van der Waals surface area (Å²) >= 11 is 6.21. The van der Waals surface area contributed by atoms with E-state index in [4.69, 9.17) is 16.3 Å². The van der Waals surface area contributed by atoms with E-state index in [9.17, 15) is 13.2 Å². The monoisotopic (exact) mass is 337 g/mol. The Labute approximate surface area is 127 Å². The lowest BCUT2D eigenvalue weighted by atomic mass is 10.3. The van der Waals surface area contributed by atoms with Crippen molar-refractivity contribution < 1.29 is 17.9 Å². The molecular weight excluding hydrogens is 327 g/mol. The van der Waals surface area contributed by atoms with Crippen molar-refractivity contribution in [3.8, 4) is 5.75 Å². The number of nitrogens with zero attached hydrogens (tertiary/aromatic N) is 2. The standard InChI is InChI=1S/C12H11ClF3N3OS/c1-7(20-9-4-2-8(13)3-5-9)6-17-11-19-18-10(21-11)12(14,15)16/h2-5,7H,6H2,1H3,(H,17,19). The Morgan fingerprint density at radius 3 is 2.52 bits per heavy atom. The summed E-state index contributed by atoms with van der Waals surface area (Å²) in [5, 5.41) is 9.01. The molecule has 0 radical (unpaired) electrons. The summed E-state index contributed by atoms with van der Waals surface area (Å²) in [6.45, 7) is 2.09. The molecule has 0 aliphatic heterocycles. The van der Waals surface area contributed by atoms with E-state index in [1.165, 1.54) is 0 Å². The molecule has 4 nitrogen and oxygen atoms in total. The highest BCUT2D eigenvalue weighted by molar-refractivity contribution is 7.15. The zero-order valence-corrected chi connectivity index (χ0v) is 12.4. The van der Waals surface area contributed by atoms with E-state index in [2.05, 4.69) is 15.5 Å². The Morgan fingerprint density at radius 2 is 1.95 bits per heavy atom. The molecule has 0 spiro atoms. The van der Waals surface area contributed by atoms with E-state index in [1.54, 1.807) is 31.2 Å². The van der Waals surface area contributed by atoms with Crippen molar-refractivity contribution in [1.29, 1.82) is 0 Å². The molecule has 2 aromatic rings. The first-order chi connectivity index (χ1) is 9.84. The van der Waals surface area contributed by atoms with Crippen molar-refractivity contribution in [2.45, 2.75) is 19.2 Å². The second-order valence-corrected chi connectivity index (χ2v) is 5.59. The van der Waals surface area contributed by atoms with E-state index in [0.717, 1.165) is 0 Å². The number of halogens is 4. The van der Waals surface area contributed by atoms with Gasteiger partial charge in [-0.3, -0.25) is 0 Å². The quantitative estimate of drug-likeness (QED) is 0.892. The third kappa shape index (κ3) is 4.75. The van der Waals surface area contributed by atoms with Gasteiger partial charge in [0, 0.05) is 5.02 Å². The lowest BCUT2D eigenvalue weighted by molar-refractivity contribution is -0.138. The lowest BCUT2D eigenvalue weighted by Crippen LogP contribution is -2.22. The highest BCUT2D eigenvalue weighted by Crippen LogP contribution is 2.32. The predicted molar refractivity (Wildman–Crippen MR) is 74.9 cm³/mol. The molecule has 0 saturated carbocycles. The summed E-state index contributed by atoms with van der Waals surface area (Å²) in [6, 6.07) is 6.81. The third-order valence-corrected chi connectivity index (χ3v) is 3.54. The maximum Gasteiger partial charge on any atom is 0.445 e. The van der Waals surface area contributed by atoms with Crippen LogP contribution in [0, 0.1) is 0 Å². The van der Waals surface area contributed by atoms with E-state index < -0.39 is 11.2 Å². The Kier molecular flexibility index (Phi) is 4.89. The van der Waals surface area contributed by atoms with Gasteiger partial charge in [0.2, 0.25) is 10.1 Å². The normalized spacial score (nSPS) is 13.0. The fourth-order valence-electron chi connectivity index (χ4n) is 1.43. The molecular formula is C12H11ClF3N3OS. The summed E-state index contributed by atoms with van der Waals surface area (Å²) in [4.78, 5) is 0. The first-order valence-corrected chi connectivity index (χ1v) is 7.11. The Morgan fingerprint density at radius 1 is 1.29 bits per heavy atom. The molecule has 1 aromatic carbocycles. The zero-order chi connectivity index (χ0) is 15.5. The van der Waals surface area contributed by atoms with Crippen LogP contribution < -0.4 is 10.1 Å². The molecule has 0 amide bonds. The van der Waals surface area contributed by atoms with Crippen LogP contribution in [0.25, 0.3) is 0 Å². The molecule has 0 bridgehead atoms. The van der Waals surface area contributed by atoms with Crippen molar-refractivity contribution in [3.05, 3.63) is 34.3 Å². The molecule has 1 aromatic heterocycles. The van der Waals surface area contributed by atoms with Crippen molar-refractivity contribution in [2.24, 2.45) is 0 Å². The van der Waals surface area contributed by atoms with Crippen LogP contribution in [0.15, 0.2) is 24.3 Å². The number of benzene rings is 1. The Balaban J connectivity index is 1.85. The summed E-state index contributed by atoms with van der Waals surface area (Å²) in [7, 11) is 0. The molecule has 1 unspecified atom stereocenters. The van der Waals surface area contributed by atoms with Gasteiger partial charge in [-0.2, -0.15) is 13.2 Å². The summed E-state index contributed by atoms with van der Waals surface area (Å²) in [5.74, 6) is 0.627. The highest BCUT2D eigenvalue weighted by Gasteiger charge is 2.35. The van der Waals surface area contributed by atoms with Crippen molar-refractivity contribution in [3.63, 3.8) is 0 Å². The van der Waals surface area contributed by atoms with Crippen LogP contribution in [0.2, 0.25) is 5.02 Å². The second kappa shape index (κ2) is 6.48. The first-order valence-electron chi connectivity index (χ1n) is 5.91. The molecule has 0 saturated heterocycles. The Hall–Kier alpha value is -1.54. The number of alkyl halides is 3. The van der Waals surface area contributed by atoms with E-state index in [1.807, 2.05) is 0 Å². The minimum atomic E-state index is -4.47. The van der Waals surface area contributed by atoms with Gasteiger partial charge < -0.3 is 10.1 Å². The van der Waals surface area contributed by atoms with Gasteiger partial charge >= 0.3 is 6.18 Å². The van der Waals surface area contributed by atoms with Crippen molar-refractivity contribution in [2.75, 3.05) is 11.9 Å². The Bertz CT molecular complexity index is 588. The minimum Gasteiger partial charge on any atom is -0.489 e. The fraction of sp³-hybridized carbons (Fsp3) is 0.333. The molecule has 1 heterocycles. The molecule has 9 heteroatoms. The molecule has 0 aliphatic rings. The molecule has 0 fully saturated rings. The molecule has 21 heavy (non-hydrogen) atoms. The van der Waals surface area contributed by atoms with Gasteiger partial charge in [0.25, 0.3) is 0 Å². The SMILES string of the molecule is CC(CNc1nnc(C(F)(F)F)s1)Oc1ccc(Cl)cc1. The largest absolute Gasteiger partial charge is 0.489 e. The average Bonchev–Trinajstić information content (AvgIpc) is 2.88. The highest BCUT2D eigenvalue weighted by atomic mass is 35.5. The topological polar surface area (TPSA) is 47.0 Å². The number of hydrogen-bond donors (Lipinski definition) is 1. The molecule has 1 N–H and O–H groups in total. The van der Waals surface area contributed by atoms with E-state index in [0.29, 0.717) is 28.7 Å². The zero-order valence-electron chi connectivity index (χ0n) is 10.8. The van der Waals surface area contributed by atoms with Crippen LogP contribution in [0.3, 0.4) is 0 Å². The number of rotatable bonds is 5. The van der Waals surface area contributed by atoms with Gasteiger partial charge in [0.1, 0.15) is 11.9 Å². The van der Waals surface area contributed by atoms with Crippen LogP contribution in [0.1, 0.15) is 11.9 Å². The second-order valence-electron chi connectivity index (χ2n) is 4.17. The van der Waals surface area contributed by atoms with Gasteiger partial charge in [-0.1, -0.05) is 22.9 Å². The summed E-state index contributed by atoms with van der Waals surface area (Å²) in [5.41, 5.74) is 0. The predicted octanol–water partition coefficient (Wildman–Crippen LogP) is 4.09. The number of nitrogens with one attached hydrogen (secondary N) is 1. The number of aromatic nitrogens is 2. The van der Waals surface area contributed by atoms with Gasteiger partial charge in [0.05, 0.1) is 6.54 Å². The fourth-order valence-corrected chi connectivity index (χ4v) is 2.17. The summed E-state index contributed by atoms with van der Waals surface area (Å²) < 4.78 is 42.7. The smallest absolute Gasteiger partial charge is 0.445 e.